The highest BCUT2D eigenvalue weighted by molar-refractivity contribution is 6.12. The minimum atomic E-state index is -0.594. The van der Waals surface area contributed by atoms with Crippen molar-refractivity contribution in [3.05, 3.63) is 307 Å². The Morgan fingerprint density at radius 2 is 0.697 bits per heavy atom. The Labute approximate surface area is 442 Å². The molecule has 76 heavy (non-hydrogen) atoms. The lowest BCUT2D eigenvalue weighted by atomic mass is 9.63. The molecule has 1 aliphatic heterocycles. The Balaban J connectivity index is 0.859. The predicted molar refractivity (Wildman–Crippen MR) is 315 cm³/mol. The van der Waals surface area contributed by atoms with Gasteiger partial charge in [0, 0.05) is 33.2 Å². The number of aromatic nitrogens is 2. The number of fused-ring (bicyclic) bond motifs is 13. The van der Waals surface area contributed by atoms with Gasteiger partial charge in [0.1, 0.15) is 0 Å². The molecule has 2 aliphatic rings. The van der Waals surface area contributed by atoms with Gasteiger partial charge in [0.2, 0.25) is 0 Å². The highest BCUT2D eigenvalue weighted by Gasteiger charge is 2.52. The maximum Gasteiger partial charge on any atom is 0.160 e. The van der Waals surface area contributed by atoms with Gasteiger partial charge in [-0.3, -0.25) is 0 Å². The van der Waals surface area contributed by atoms with Gasteiger partial charge in [-0.15, -0.1) is 0 Å². The smallest absolute Gasteiger partial charge is 0.160 e. The molecule has 0 atom stereocenters. The number of rotatable bonds is 7. The van der Waals surface area contributed by atoms with Crippen molar-refractivity contribution in [2.75, 3.05) is 4.90 Å². The van der Waals surface area contributed by atoms with Gasteiger partial charge in [-0.05, 0) is 114 Å². The van der Waals surface area contributed by atoms with Gasteiger partial charge in [-0.25, -0.2) is 9.97 Å². The molecule has 12 aromatic carbocycles. The van der Waals surface area contributed by atoms with E-state index in [4.69, 9.17) is 9.97 Å². The van der Waals surface area contributed by atoms with Crippen molar-refractivity contribution < 1.29 is 0 Å². The number of hydrogen-bond donors (Lipinski definition) is 0. The van der Waals surface area contributed by atoms with Crippen molar-refractivity contribution in [3.8, 4) is 78.4 Å². The van der Waals surface area contributed by atoms with E-state index in [0.717, 1.165) is 50.5 Å². The number of nitrogens with zero attached hydrogens (tertiary/aromatic N) is 3. The summed E-state index contributed by atoms with van der Waals surface area (Å²) < 4.78 is 0. The molecular weight excluding hydrogens is 919 g/mol. The number of benzene rings is 12. The molecule has 0 unspecified atom stereocenters. The van der Waals surface area contributed by atoms with E-state index in [1.165, 1.54) is 83.0 Å². The summed E-state index contributed by atoms with van der Waals surface area (Å²) in [5.41, 5.74) is 22.5. The van der Waals surface area contributed by atoms with Crippen molar-refractivity contribution in [2.45, 2.75) is 5.41 Å². The van der Waals surface area contributed by atoms with Crippen LogP contribution in [0.15, 0.2) is 285 Å². The van der Waals surface area contributed by atoms with Gasteiger partial charge in [-0.2, -0.15) is 0 Å². The second kappa shape index (κ2) is 17.6. The minimum Gasteiger partial charge on any atom is -0.309 e. The van der Waals surface area contributed by atoms with Crippen LogP contribution in [0.25, 0.3) is 100.0 Å². The molecule has 3 heteroatoms. The Hall–Kier alpha value is -9.96. The lowest BCUT2D eigenvalue weighted by Gasteiger charge is -2.46. The molecule has 1 spiro atoms. The SMILES string of the molecule is c1ccc(-c2ccc(-c3cc(-c4cccc(-c5cccc(-c6ccc7c(c6)-c6ccccc6C76c7ccc8ccccc8c7N(c7ccccc7)c7c6ccc6ccccc76)c5)c4)nc(-c4ccccc4)n3)cc2)cc1. The molecule has 0 amide bonds. The van der Waals surface area contributed by atoms with Gasteiger partial charge in [0.05, 0.1) is 28.2 Å². The van der Waals surface area contributed by atoms with Crippen LogP contribution in [-0.4, -0.2) is 9.97 Å². The van der Waals surface area contributed by atoms with Crippen LogP contribution in [0.1, 0.15) is 22.3 Å². The van der Waals surface area contributed by atoms with E-state index < -0.39 is 5.41 Å². The molecule has 13 aromatic rings. The predicted octanol–water partition coefficient (Wildman–Crippen LogP) is 18.9. The molecular formula is C73H47N3. The van der Waals surface area contributed by atoms with Gasteiger partial charge >= 0.3 is 0 Å². The largest absolute Gasteiger partial charge is 0.309 e. The van der Waals surface area contributed by atoms with Crippen LogP contribution >= 0.6 is 0 Å². The van der Waals surface area contributed by atoms with Crippen LogP contribution in [0.3, 0.4) is 0 Å². The van der Waals surface area contributed by atoms with Crippen molar-refractivity contribution in [3.63, 3.8) is 0 Å². The Morgan fingerprint density at radius 1 is 0.263 bits per heavy atom. The molecule has 0 saturated carbocycles. The van der Waals surface area contributed by atoms with Crippen LogP contribution < -0.4 is 4.90 Å². The standard InChI is InChI=1S/C73H47N3/c1-4-18-48(19-5-1)49-34-36-52(37-35-49)68-47-69(75-72(74-68)53-22-6-2-7-23-53)58-27-17-26-56(45-58)54-24-16-25-55(44-54)57-40-41-65-63(46-57)62-32-14-15-33-64(62)73(65)66-42-38-50-20-10-12-30-60(50)70(66)76(59-28-8-3-9-29-59)71-61-31-13-11-21-51(61)39-43-67(71)73/h1-47H. The van der Waals surface area contributed by atoms with E-state index >= 15 is 0 Å². The van der Waals surface area contributed by atoms with Crippen molar-refractivity contribution in [1.82, 2.24) is 9.97 Å². The minimum absolute atomic E-state index is 0.594. The summed E-state index contributed by atoms with van der Waals surface area (Å²) in [5.74, 6) is 0.697. The molecule has 1 aliphatic carbocycles. The van der Waals surface area contributed by atoms with Gasteiger partial charge < -0.3 is 4.90 Å². The third-order valence-electron chi connectivity index (χ3n) is 15.8. The molecule has 354 valence electrons. The zero-order valence-corrected chi connectivity index (χ0v) is 41.5. The zero-order valence-electron chi connectivity index (χ0n) is 41.5. The van der Waals surface area contributed by atoms with E-state index in [0.29, 0.717) is 5.82 Å². The van der Waals surface area contributed by atoms with Crippen LogP contribution in [0, 0.1) is 0 Å². The van der Waals surface area contributed by atoms with E-state index in [2.05, 4.69) is 272 Å². The second-order valence-electron chi connectivity index (χ2n) is 20.0. The normalized spacial score (nSPS) is 12.8. The number of hydrogen-bond acceptors (Lipinski definition) is 3. The molecule has 15 rings (SSSR count). The topological polar surface area (TPSA) is 29.0 Å². The summed E-state index contributed by atoms with van der Waals surface area (Å²) in [5, 5.41) is 4.90. The van der Waals surface area contributed by atoms with Crippen molar-refractivity contribution >= 4 is 38.6 Å². The average Bonchev–Trinajstić information content (AvgIpc) is 3.88. The Kier molecular flexibility index (Phi) is 10.1. The summed E-state index contributed by atoms with van der Waals surface area (Å²) in [7, 11) is 0. The first-order valence-electron chi connectivity index (χ1n) is 26.1. The fraction of sp³-hybridized carbons (Fsp3) is 0.0137. The van der Waals surface area contributed by atoms with Gasteiger partial charge in [-0.1, -0.05) is 249 Å². The summed E-state index contributed by atoms with van der Waals surface area (Å²) in [4.78, 5) is 12.9. The first kappa shape index (κ1) is 43.6. The maximum atomic E-state index is 5.22. The molecule has 3 nitrogen and oxygen atoms in total. The third kappa shape index (κ3) is 6.90. The molecule has 2 heterocycles. The molecule has 0 radical (unpaired) electrons. The molecule has 0 saturated heterocycles. The molecule has 0 N–H and O–H groups in total. The highest BCUT2D eigenvalue weighted by atomic mass is 15.2. The van der Waals surface area contributed by atoms with Crippen molar-refractivity contribution in [1.29, 1.82) is 0 Å². The van der Waals surface area contributed by atoms with Gasteiger partial charge in [0.15, 0.2) is 5.82 Å². The summed E-state index contributed by atoms with van der Waals surface area (Å²) in [6.45, 7) is 0. The first-order chi connectivity index (χ1) is 37.7. The Bertz CT molecular complexity index is 4300. The second-order valence-corrected chi connectivity index (χ2v) is 20.0. The monoisotopic (exact) mass is 965 g/mol. The molecule has 0 fully saturated rings. The fourth-order valence-electron chi connectivity index (χ4n) is 12.4. The third-order valence-corrected chi connectivity index (χ3v) is 15.8. The lowest BCUT2D eigenvalue weighted by molar-refractivity contribution is 0.756. The lowest BCUT2D eigenvalue weighted by Crippen LogP contribution is -2.36. The first-order valence-corrected chi connectivity index (χ1v) is 26.1. The van der Waals surface area contributed by atoms with Crippen LogP contribution in [0.2, 0.25) is 0 Å². The quantitative estimate of drug-likeness (QED) is 0.159. The van der Waals surface area contributed by atoms with Gasteiger partial charge in [0.25, 0.3) is 0 Å². The molecule has 1 aromatic heterocycles. The number of anilines is 3. The summed E-state index contributed by atoms with van der Waals surface area (Å²) in [6, 6.07) is 104. The van der Waals surface area contributed by atoms with E-state index in [-0.39, 0.29) is 0 Å². The maximum absolute atomic E-state index is 5.22. The molecule has 0 bridgehead atoms. The summed E-state index contributed by atoms with van der Waals surface area (Å²) in [6.07, 6.45) is 0. The summed E-state index contributed by atoms with van der Waals surface area (Å²) >= 11 is 0. The van der Waals surface area contributed by atoms with Crippen LogP contribution in [-0.2, 0) is 5.41 Å². The van der Waals surface area contributed by atoms with E-state index in [9.17, 15) is 0 Å². The average molecular weight is 966 g/mol. The highest BCUT2D eigenvalue weighted by Crippen LogP contribution is 2.65. The van der Waals surface area contributed by atoms with Crippen LogP contribution in [0.5, 0.6) is 0 Å². The fourth-order valence-corrected chi connectivity index (χ4v) is 12.4. The van der Waals surface area contributed by atoms with Crippen molar-refractivity contribution in [2.24, 2.45) is 0 Å². The van der Waals surface area contributed by atoms with Crippen LogP contribution in [0.4, 0.5) is 17.1 Å². The number of para-hydroxylation sites is 1. The van der Waals surface area contributed by atoms with E-state index in [1.807, 2.05) is 18.2 Å². The Morgan fingerprint density at radius 3 is 1.34 bits per heavy atom. The van der Waals surface area contributed by atoms with E-state index in [1.54, 1.807) is 0 Å². The zero-order chi connectivity index (χ0) is 50.2.